The first-order valence-corrected chi connectivity index (χ1v) is 8.13. The molecule has 5 nitrogen and oxygen atoms in total. The Hall–Kier alpha value is -2.28. The van der Waals surface area contributed by atoms with Crippen LogP contribution >= 0.6 is 11.3 Å². The van der Waals surface area contributed by atoms with E-state index in [1.807, 2.05) is 4.90 Å². The normalized spacial score (nSPS) is 14.9. The highest BCUT2D eigenvalue weighted by Gasteiger charge is 2.24. The number of thiophene rings is 1. The van der Waals surface area contributed by atoms with Crippen molar-refractivity contribution < 1.29 is 14.0 Å². The molecule has 0 spiro atoms. The van der Waals surface area contributed by atoms with Gasteiger partial charge < -0.3 is 9.80 Å². The maximum Gasteiger partial charge on any atom is 0.264 e. The number of ketones is 1. The summed E-state index contributed by atoms with van der Waals surface area (Å²) in [5, 5.41) is 0. The number of piperazine rings is 1. The standard InChI is InChI=1S/C16H16FN3O2S/c1-11(21)13-3-4-14(23-13)16(22)20-8-6-19(7-9-20)15-5-2-12(17)10-18-15/h2-5,10H,6-9H2,1H3. The minimum atomic E-state index is -0.360. The van der Waals surface area contributed by atoms with Gasteiger partial charge in [0.1, 0.15) is 11.6 Å². The predicted molar refractivity (Wildman–Crippen MR) is 86.6 cm³/mol. The topological polar surface area (TPSA) is 53.5 Å². The molecule has 0 N–H and O–H groups in total. The van der Waals surface area contributed by atoms with Gasteiger partial charge in [0, 0.05) is 26.2 Å². The molecule has 120 valence electrons. The van der Waals surface area contributed by atoms with E-state index in [4.69, 9.17) is 0 Å². The quantitative estimate of drug-likeness (QED) is 0.810. The Kier molecular flexibility index (Phi) is 4.38. The number of Topliss-reactive ketones (excluding diaryl/α,β-unsaturated/α-hetero) is 1. The van der Waals surface area contributed by atoms with Gasteiger partial charge in [-0.15, -0.1) is 11.3 Å². The molecule has 0 saturated carbocycles. The van der Waals surface area contributed by atoms with Gasteiger partial charge in [-0.1, -0.05) is 0 Å². The highest BCUT2D eigenvalue weighted by molar-refractivity contribution is 7.15. The lowest BCUT2D eigenvalue weighted by Gasteiger charge is -2.35. The number of hydrogen-bond acceptors (Lipinski definition) is 5. The highest BCUT2D eigenvalue weighted by Crippen LogP contribution is 2.20. The van der Waals surface area contributed by atoms with Crippen molar-refractivity contribution in [3.63, 3.8) is 0 Å². The number of amides is 1. The number of hydrogen-bond donors (Lipinski definition) is 0. The Morgan fingerprint density at radius 2 is 1.78 bits per heavy atom. The van der Waals surface area contributed by atoms with Crippen molar-refractivity contribution in [3.05, 3.63) is 46.0 Å². The van der Waals surface area contributed by atoms with Gasteiger partial charge in [0.05, 0.1) is 16.0 Å². The highest BCUT2D eigenvalue weighted by atomic mass is 32.1. The number of pyridine rings is 1. The molecule has 3 rings (SSSR count). The van der Waals surface area contributed by atoms with Gasteiger partial charge in [0.25, 0.3) is 5.91 Å². The molecule has 7 heteroatoms. The van der Waals surface area contributed by atoms with Crippen molar-refractivity contribution in [2.24, 2.45) is 0 Å². The van der Waals surface area contributed by atoms with Crippen molar-refractivity contribution in [3.8, 4) is 0 Å². The van der Waals surface area contributed by atoms with E-state index in [1.165, 1.54) is 30.5 Å². The second-order valence-corrected chi connectivity index (χ2v) is 6.42. The summed E-state index contributed by atoms with van der Waals surface area (Å²) >= 11 is 1.23. The van der Waals surface area contributed by atoms with E-state index in [1.54, 1.807) is 23.1 Å². The third-order valence-electron chi connectivity index (χ3n) is 3.77. The zero-order chi connectivity index (χ0) is 16.4. The van der Waals surface area contributed by atoms with Crippen LogP contribution in [0.5, 0.6) is 0 Å². The van der Waals surface area contributed by atoms with E-state index >= 15 is 0 Å². The van der Waals surface area contributed by atoms with Crippen molar-refractivity contribution >= 4 is 28.8 Å². The molecule has 0 aliphatic carbocycles. The zero-order valence-electron chi connectivity index (χ0n) is 12.7. The van der Waals surface area contributed by atoms with E-state index in [2.05, 4.69) is 4.98 Å². The predicted octanol–water partition coefficient (Wildman–Crippen LogP) is 2.45. The minimum absolute atomic E-state index is 0.0266. The zero-order valence-corrected chi connectivity index (χ0v) is 13.5. The van der Waals surface area contributed by atoms with Gasteiger partial charge >= 0.3 is 0 Å². The molecule has 1 saturated heterocycles. The Balaban J connectivity index is 1.62. The van der Waals surface area contributed by atoms with E-state index in [9.17, 15) is 14.0 Å². The largest absolute Gasteiger partial charge is 0.353 e. The lowest BCUT2D eigenvalue weighted by molar-refractivity contribution is 0.0751. The molecule has 0 unspecified atom stereocenters. The first-order chi connectivity index (χ1) is 11.0. The second-order valence-electron chi connectivity index (χ2n) is 5.33. The molecule has 1 amide bonds. The number of rotatable bonds is 3. The van der Waals surface area contributed by atoms with E-state index in [-0.39, 0.29) is 17.5 Å². The van der Waals surface area contributed by atoms with Gasteiger partial charge in [-0.2, -0.15) is 0 Å². The van der Waals surface area contributed by atoms with Crippen LogP contribution in [0.1, 0.15) is 26.3 Å². The second kappa shape index (κ2) is 6.45. The summed E-state index contributed by atoms with van der Waals surface area (Å²) in [6.45, 7) is 3.94. The lowest BCUT2D eigenvalue weighted by atomic mass is 10.2. The van der Waals surface area contributed by atoms with Gasteiger partial charge in [-0.3, -0.25) is 9.59 Å². The summed E-state index contributed by atoms with van der Waals surface area (Å²) in [6.07, 6.45) is 1.20. The number of aromatic nitrogens is 1. The molecule has 0 radical (unpaired) electrons. The molecule has 1 aliphatic heterocycles. The summed E-state index contributed by atoms with van der Waals surface area (Å²) < 4.78 is 12.9. The summed E-state index contributed by atoms with van der Waals surface area (Å²) in [5.74, 6) is 0.283. The summed E-state index contributed by atoms with van der Waals surface area (Å²) in [6, 6.07) is 6.43. The fourth-order valence-corrected chi connectivity index (χ4v) is 3.36. The van der Waals surface area contributed by atoms with Crippen LogP contribution in [0.2, 0.25) is 0 Å². The number of anilines is 1. The van der Waals surface area contributed by atoms with Crippen LogP contribution in [-0.2, 0) is 0 Å². The third-order valence-corrected chi connectivity index (χ3v) is 4.94. The maximum atomic E-state index is 12.9. The molecular weight excluding hydrogens is 317 g/mol. The smallest absolute Gasteiger partial charge is 0.264 e. The third kappa shape index (κ3) is 3.39. The van der Waals surface area contributed by atoms with Crippen LogP contribution in [0.3, 0.4) is 0 Å². The maximum absolute atomic E-state index is 12.9. The molecule has 2 aromatic heterocycles. The van der Waals surface area contributed by atoms with Crippen molar-refractivity contribution in [1.29, 1.82) is 0 Å². The molecule has 1 aliphatic rings. The molecule has 0 atom stereocenters. The van der Waals surface area contributed by atoms with E-state index < -0.39 is 0 Å². The first-order valence-electron chi connectivity index (χ1n) is 7.31. The lowest BCUT2D eigenvalue weighted by Crippen LogP contribution is -2.48. The SMILES string of the molecule is CC(=O)c1ccc(C(=O)N2CCN(c3ccc(F)cn3)CC2)s1. The van der Waals surface area contributed by atoms with Crippen molar-refractivity contribution in [2.75, 3.05) is 31.1 Å². The van der Waals surface area contributed by atoms with Crippen LogP contribution in [0.4, 0.5) is 10.2 Å². The Morgan fingerprint density at radius 1 is 1.09 bits per heavy atom. The Morgan fingerprint density at radius 3 is 2.35 bits per heavy atom. The number of nitrogens with zero attached hydrogens (tertiary/aromatic N) is 3. The van der Waals surface area contributed by atoms with Gasteiger partial charge in [-0.25, -0.2) is 9.37 Å². The van der Waals surface area contributed by atoms with Crippen LogP contribution in [0, 0.1) is 5.82 Å². The number of halogens is 1. The summed E-state index contributed by atoms with van der Waals surface area (Å²) in [7, 11) is 0. The molecule has 3 heterocycles. The molecule has 1 fully saturated rings. The van der Waals surface area contributed by atoms with Crippen LogP contribution < -0.4 is 4.90 Å². The van der Waals surface area contributed by atoms with Gasteiger partial charge in [0.2, 0.25) is 0 Å². The number of carbonyl (C=O) groups is 2. The molecule has 0 aromatic carbocycles. The van der Waals surface area contributed by atoms with Gasteiger partial charge in [-0.05, 0) is 31.2 Å². The summed E-state index contributed by atoms with van der Waals surface area (Å²) in [5.41, 5.74) is 0. The Labute approximate surface area is 137 Å². The van der Waals surface area contributed by atoms with Crippen molar-refractivity contribution in [2.45, 2.75) is 6.92 Å². The van der Waals surface area contributed by atoms with Crippen LogP contribution in [-0.4, -0.2) is 47.8 Å². The van der Waals surface area contributed by atoms with E-state index in [0.29, 0.717) is 41.8 Å². The van der Waals surface area contributed by atoms with E-state index in [0.717, 1.165) is 0 Å². The fourth-order valence-electron chi connectivity index (χ4n) is 2.49. The average Bonchev–Trinajstić information content (AvgIpc) is 3.05. The molecule has 23 heavy (non-hydrogen) atoms. The van der Waals surface area contributed by atoms with Crippen LogP contribution in [0.15, 0.2) is 30.5 Å². The minimum Gasteiger partial charge on any atom is -0.353 e. The fraction of sp³-hybridized carbons (Fsp3) is 0.312. The van der Waals surface area contributed by atoms with Gasteiger partial charge in [0.15, 0.2) is 5.78 Å². The molecule has 0 bridgehead atoms. The molecular formula is C16H16FN3O2S. The first kappa shape index (κ1) is 15.6. The Bertz CT molecular complexity index is 721. The summed E-state index contributed by atoms with van der Waals surface area (Å²) in [4.78, 5) is 32.8. The monoisotopic (exact) mass is 333 g/mol. The van der Waals surface area contributed by atoms with Crippen LogP contribution in [0.25, 0.3) is 0 Å². The average molecular weight is 333 g/mol. The van der Waals surface area contributed by atoms with Crippen molar-refractivity contribution in [1.82, 2.24) is 9.88 Å². The molecule has 2 aromatic rings. The number of carbonyl (C=O) groups excluding carboxylic acids is 2.